The average Bonchev–Trinajstić information content (AvgIpc) is 2.72. The van der Waals surface area contributed by atoms with Crippen molar-refractivity contribution in [2.75, 3.05) is 44.3 Å². The Morgan fingerprint density at radius 3 is 2.86 bits per heavy atom. The van der Waals surface area contributed by atoms with Crippen molar-refractivity contribution in [2.24, 2.45) is 15.1 Å². The Morgan fingerprint density at radius 1 is 1.04 bits per heavy atom. The molecule has 5 rings (SSSR count). The second kappa shape index (κ2) is 6.94. The maximum Gasteiger partial charge on any atom is 0.155 e. The second-order valence-corrected chi connectivity index (χ2v) is 6.66. The van der Waals surface area contributed by atoms with Crippen molar-refractivity contribution in [3.63, 3.8) is 0 Å². The van der Waals surface area contributed by atoms with E-state index < -0.39 is 0 Å². The number of hydrogen-bond acceptors (Lipinski definition) is 7. The zero-order valence-electron chi connectivity index (χ0n) is 15.2. The van der Waals surface area contributed by atoms with Crippen LogP contribution in [0.15, 0.2) is 39.4 Å². The molecule has 3 aliphatic heterocycles. The van der Waals surface area contributed by atoms with Gasteiger partial charge in [0.15, 0.2) is 11.5 Å². The minimum atomic E-state index is 0.476. The Kier molecular flexibility index (Phi) is 4.14. The predicted molar refractivity (Wildman–Crippen MR) is 102 cm³/mol. The van der Waals surface area contributed by atoms with Crippen LogP contribution in [0.4, 0.5) is 11.4 Å². The first kappa shape index (κ1) is 16.7. The Bertz CT molecular complexity index is 1110. The minimum absolute atomic E-state index is 0.476. The highest BCUT2D eigenvalue weighted by molar-refractivity contribution is 5.72. The molecule has 0 fully saturated rings. The molecule has 3 heterocycles. The van der Waals surface area contributed by atoms with Crippen molar-refractivity contribution in [3.8, 4) is 23.0 Å². The molecule has 2 aromatic carbocycles. The molecule has 2 aromatic rings. The van der Waals surface area contributed by atoms with Gasteiger partial charge in [0.1, 0.15) is 41.1 Å². The number of fused-ring (bicyclic) bond motifs is 4. The van der Waals surface area contributed by atoms with E-state index >= 15 is 0 Å². The second-order valence-electron chi connectivity index (χ2n) is 6.66. The van der Waals surface area contributed by atoms with E-state index in [9.17, 15) is 0 Å². The van der Waals surface area contributed by atoms with Crippen LogP contribution < -0.4 is 29.8 Å². The van der Waals surface area contributed by atoms with Crippen molar-refractivity contribution >= 4 is 11.4 Å². The number of benzene rings is 2. The summed E-state index contributed by atoms with van der Waals surface area (Å²) in [7, 11) is 0. The highest BCUT2D eigenvalue weighted by Crippen LogP contribution is 2.44. The SMILES string of the molecule is [N-]=[N+]=NCCCN1CCOc2cc3c(cc21)Oc1cc2c(cc1=N3)OCCN=2. The van der Waals surface area contributed by atoms with E-state index in [0.717, 1.165) is 53.1 Å². The third-order valence-corrected chi connectivity index (χ3v) is 4.88. The van der Waals surface area contributed by atoms with Gasteiger partial charge in [0.05, 0.1) is 18.8 Å². The number of ether oxygens (including phenoxy) is 3. The molecule has 28 heavy (non-hydrogen) atoms. The normalized spacial score (nSPS) is 15.6. The number of azide groups is 1. The molecule has 142 valence electrons. The molecule has 0 N–H and O–H groups in total. The molecule has 0 saturated heterocycles. The van der Waals surface area contributed by atoms with E-state index in [1.807, 2.05) is 24.3 Å². The quantitative estimate of drug-likeness (QED) is 0.301. The Hall–Kier alpha value is -3.45. The maximum absolute atomic E-state index is 8.43. The molecule has 0 amide bonds. The monoisotopic (exact) mass is 378 g/mol. The van der Waals surface area contributed by atoms with Gasteiger partial charge in [-0.3, -0.25) is 4.99 Å². The van der Waals surface area contributed by atoms with Crippen molar-refractivity contribution in [2.45, 2.75) is 6.42 Å². The lowest BCUT2D eigenvalue weighted by molar-refractivity contribution is 0.306. The van der Waals surface area contributed by atoms with Crippen LogP contribution in [0, 0.1) is 0 Å². The number of nitrogens with zero attached hydrogens (tertiary/aromatic N) is 6. The molecule has 0 saturated carbocycles. The van der Waals surface area contributed by atoms with Crippen LogP contribution >= 0.6 is 0 Å². The fourth-order valence-electron chi connectivity index (χ4n) is 3.58. The zero-order valence-corrected chi connectivity index (χ0v) is 15.2. The fourth-order valence-corrected chi connectivity index (χ4v) is 3.58. The van der Waals surface area contributed by atoms with E-state index in [1.54, 1.807) is 0 Å². The van der Waals surface area contributed by atoms with Gasteiger partial charge in [0.2, 0.25) is 0 Å². The van der Waals surface area contributed by atoms with Gasteiger partial charge in [0, 0.05) is 42.3 Å². The van der Waals surface area contributed by atoms with Crippen LogP contribution in [0.3, 0.4) is 0 Å². The van der Waals surface area contributed by atoms with Crippen molar-refractivity contribution < 1.29 is 14.2 Å². The molecule has 0 spiro atoms. The zero-order chi connectivity index (χ0) is 18.9. The summed E-state index contributed by atoms with van der Waals surface area (Å²) in [5, 5.41) is 5.13. The first-order chi connectivity index (χ1) is 13.8. The summed E-state index contributed by atoms with van der Waals surface area (Å²) in [6, 6.07) is 7.64. The molecular formula is C19H18N6O3. The van der Waals surface area contributed by atoms with E-state index in [0.29, 0.717) is 37.8 Å². The molecule has 9 heteroatoms. The number of rotatable bonds is 4. The van der Waals surface area contributed by atoms with Crippen molar-refractivity contribution in [3.05, 3.63) is 45.4 Å². The summed E-state index contributed by atoms with van der Waals surface area (Å²) in [4.78, 5) is 14.2. The van der Waals surface area contributed by atoms with E-state index in [2.05, 4.69) is 19.9 Å². The van der Waals surface area contributed by atoms with E-state index in [1.165, 1.54) is 0 Å². The molecule has 0 aliphatic carbocycles. The van der Waals surface area contributed by atoms with Crippen LogP contribution in [0.5, 0.6) is 23.0 Å². The third-order valence-electron chi connectivity index (χ3n) is 4.88. The first-order valence-corrected chi connectivity index (χ1v) is 9.26. The van der Waals surface area contributed by atoms with Gasteiger partial charge in [0.25, 0.3) is 0 Å². The lowest BCUT2D eigenvalue weighted by Gasteiger charge is -2.32. The van der Waals surface area contributed by atoms with Gasteiger partial charge in [-0.05, 0) is 12.0 Å². The van der Waals surface area contributed by atoms with Gasteiger partial charge in [-0.25, -0.2) is 4.99 Å². The van der Waals surface area contributed by atoms with E-state index in [4.69, 9.17) is 24.7 Å². The topological polar surface area (TPSA) is 104 Å². The summed E-state index contributed by atoms with van der Waals surface area (Å²) in [6.07, 6.45) is 0.780. The highest BCUT2D eigenvalue weighted by Gasteiger charge is 2.23. The van der Waals surface area contributed by atoms with Gasteiger partial charge in [-0.2, -0.15) is 0 Å². The van der Waals surface area contributed by atoms with Crippen LogP contribution in [-0.2, 0) is 0 Å². The average molecular weight is 378 g/mol. The van der Waals surface area contributed by atoms with Crippen LogP contribution in [0.25, 0.3) is 10.4 Å². The van der Waals surface area contributed by atoms with Crippen molar-refractivity contribution in [1.29, 1.82) is 0 Å². The van der Waals surface area contributed by atoms with Gasteiger partial charge >= 0.3 is 0 Å². The lowest BCUT2D eigenvalue weighted by atomic mass is 10.1. The van der Waals surface area contributed by atoms with Gasteiger partial charge < -0.3 is 19.1 Å². The standard InChI is InChI=1S/C19H18N6O3/c20-24-22-2-1-4-25-5-7-27-19-10-14-18(11-15(19)25)28-17-8-12-16(9-13(17)23-14)26-6-3-21-12/h8-11H,1-7H2. The molecule has 0 atom stereocenters. The molecule has 3 aliphatic rings. The van der Waals surface area contributed by atoms with Crippen LogP contribution in [0.1, 0.15) is 6.42 Å². The summed E-state index contributed by atoms with van der Waals surface area (Å²) >= 11 is 0. The largest absolute Gasteiger partial charge is 0.489 e. The van der Waals surface area contributed by atoms with Gasteiger partial charge in [-0.15, -0.1) is 0 Å². The smallest absolute Gasteiger partial charge is 0.155 e. The summed E-state index contributed by atoms with van der Waals surface area (Å²) < 4.78 is 17.7. The summed E-state index contributed by atoms with van der Waals surface area (Å²) in [5.41, 5.74) is 10.1. The highest BCUT2D eigenvalue weighted by atomic mass is 16.5. The molecule has 0 radical (unpaired) electrons. The van der Waals surface area contributed by atoms with Crippen molar-refractivity contribution in [1.82, 2.24) is 0 Å². The van der Waals surface area contributed by atoms with Gasteiger partial charge in [-0.1, -0.05) is 5.11 Å². The van der Waals surface area contributed by atoms with Crippen LogP contribution in [-0.4, -0.2) is 39.4 Å². The number of hydrogen-bond donors (Lipinski definition) is 0. The molecule has 9 nitrogen and oxygen atoms in total. The predicted octanol–water partition coefficient (Wildman–Crippen LogP) is 2.65. The summed E-state index contributed by atoms with van der Waals surface area (Å²) in [6.45, 7) is 3.87. The molecule has 0 aromatic heterocycles. The molecule has 0 unspecified atom stereocenters. The Balaban J connectivity index is 1.50. The number of anilines is 1. The Labute approximate surface area is 160 Å². The fraction of sp³-hybridized carbons (Fsp3) is 0.368. The van der Waals surface area contributed by atoms with Crippen LogP contribution in [0.2, 0.25) is 0 Å². The minimum Gasteiger partial charge on any atom is -0.489 e. The maximum atomic E-state index is 8.43. The third kappa shape index (κ3) is 2.95. The Morgan fingerprint density at radius 2 is 1.93 bits per heavy atom. The van der Waals surface area contributed by atoms with E-state index in [-0.39, 0.29) is 0 Å². The summed E-state index contributed by atoms with van der Waals surface area (Å²) in [5.74, 6) is 2.88. The lowest BCUT2D eigenvalue weighted by Crippen LogP contribution is -2.33. The first-order valence-electron chi connectivity index (χ1n) is 9.26. The molecular weight excluding hydrogens is 360 g/mol. The molecule has 0 bridgehead atoms.